The Morgan fingerprint density at radius 3 is 2.60 bits per heavy atom. The second kappa shape index (κ2) is 8.37. The molecule has 0 saturated heterocycles. The maximum atomic E-state index is 13.1. The number of nitrogens with zero attached hydrogens (tertiary/aromatic N) is 1. The highest BCUT2D eigenvalue weighted by atomic mass is 16.2. The third-order valence-electron chi connectivity index (χ3n) is 5.35. The molecule has 0 radical (unpaired) electrons. The van der Waals surface area contributed by atoms with Gasteiger partial charge in [0.15, 0.2) is 0 Å². The molecule has 6 nitrogen and oxygen atoms in total. The number of carbonyl (C=O) groups is 1. The van der Waals surface area contributed by atoms with Crippen LogP contribution in [0.25, 0.3) is 10.9 Å². The number of H-pyrrole nitrogens is 2. The highest BCUT2D eigenvalue weighted by Crippen LogP contribution is 2.25. The Labute approximate surface area is 174 Å². The molecule has 6 heteroatoms. The molecule has 0 unspecified atom stereocenters. The third kappa shape index (κ3) is 4.17. The second-order valence-corrected chi connectivity index (χ2v) is 7.51. The summed E-state index contributed by atoms with van der Waals surface area (Å²) in [4.78, 5) is 35.6. The van der Waals surface area contributed by atoms with Crippen LogP contribution in [0.4, 0.5) is 0 Å². The first-order chi connectivity index (χ1) is 14.5. The minimum Gasteiger partial charge on any atom is -0.361 e. The summed E-state index contributed by atoms with van der Waals surface area (Å²) >= 11 is 0. The molecule has 3 N–H and O–H groups in total. The van der Waals surface area contributed by atoms with Crippen molar-refractivity contribution in [3.8, 4) is 0 Å². The van der Waals surface area contributed by atoms with Crippen molar-refractivity contribution >= 4 is 16.8 Å². The average Bonchev–Trinajstić information content (AvgIpc) is 3.15. The molecule has 0 saturated carbocycles. The van der Waals surface area contributed by atoms with Crippen LogP contribution in [0.15, 0.2) is 71.7 Å². The summed E-state index contributed by atoms with van der Waals surface area (Å²) in [5, 5.41) is 4.21. The summed E-state index contributed by atoms with van der Waals surface area (Å²) in [6.07, 6.45) is 2.47. The number of nitrogens with one attached hydrogen (secondary N) is 3. The molecule has 2 aromatic carbocycles. The van der Waals surface area contributed by atoms with Gasteiger partial charge in [-0.15, -0.1) is 0 Å². The maximum absolute atomic E-state index is 13.1. The Morgan fingerprint density at radius 2 is 1.83 bits per heavy atom. The Hall–Kier alpha value is -3.67. The fraction of sp³-hybridized carbons (Fsp3) is 0.208. The first-order valence-electron chi connectivity index (χ1n) is 9.99. The SMILES string of the molecule is Cc1nc([C@H](Cc2c[nH]c3ccccc23)NC(=O)[C@@H](C)c2ccccc2)cc(=O)[nH]1. The minimum atomic E-state index is -0.427. The zero-order chi connectivity index (χ0) is 21.1. The van der Waals surface area contributed by atoms with E-state index in [-0.39, 0.29) is 17.4 Å². The molecule has 1 amide bonds. The number of amides is 1. The van der Waals surface area contributed by atoms with E-state index in [2.05, 4.69) is 20.3 Å². The lowest BCUT2D eigenvalue weighted by Gasteiger charge is -2.21. The summed E-state index contributed by atoms with van der Waals surface area (Å²) in [6.45, 7) is 3.62. The van der Waals surface area contributed by atoms with Gasteiger partial charge in [-0.05, 0) is 31.0 Å². The van der Waals surface area contributed by atoms with Gasteiger partial charge in [0, 0.05) is 29.6 Å². The van der Waals surface area contributed by atoms with Crippen LogP contribution in [0.3, 0.4) is 0 Å². The van der Waals surface area contributed by atoms with Gasteiger partial charge < -0.3 is 15.3 Å². The van der Waals surface area contributed by atoms with E-state index in [1.807, 2.05) is 67.7 Å². The van der Waals surface area contributed by atoms with Crippen molar-refractivity contribution in [2.24, 2.45) is 0 Å². The maximum Gasteiger partial charge on any atom is 0.251 e. The van der Waals surface area contributed by atoms with Gasteiger partial charge in [0.05, 0.1) is 17.7 Å². The van der Waals surface area contributed by atoms with Crippen molar-refractivity contribution in [3.05, 3.63) is 99.9 Å². The zero-order valence-corrected chi connectivity index (χ0v) is 17.0. The van der Waals surface area contributed by atoms with Gasteiger partial charge >= 0.3 is 0 Å². The molecule has 0 spiro atoms. The Balaban J connectivity index is 1.66. The zero-order valence-electron chi connectivity index (χ0n) is 17.0. The fourth-order valence-corrected chi connectivity index (χ4v) is 3.72. The van der Waals surface area contributed by atoms with E-state index in [0.29, 0.717) is 17.9 Å². The predicted octanol–water partition coefficient (Wildman–Crippen LogP) is 3.76. The molecule has 0 fully saturated rings. The van der Waals surface area contributed by atoms with E-state index in [4.69, 9.17) is 0 Å². The molecular formula is C24H24N4O2. The van der Waals surface area contributed by atoms with Gasteiger partial charge in [-0.3, -0.25) is 9.59 Å². The molecule has 0 aliphatic rings. The van der Waals surface area contributed by atoms with Gasteiger partial charge in [-0.25, -0.2) is 4.98 Å². The normalized spacial score (nSPS) is 13.1. The molecule has 0 aliphatic heterocycles. The molecule has 2 atom stereocenters. The fourth-order valence-electron chi connectivity index (χ4n) is 3.72. The number of benzene rings is 2. The topological polar surface area (TPSA) is 90.6 Å². The van der Waals surface area contributed by atoms with Crippen molar-refractivity contribution in [1.82, 2.24) is 20.3 Å². The third-order valence-corrected chi connectivity index (χ3v) is 5.35. The smallest absolute Gasteiger partial charge is 0.251 e. The van der Waals surface area contributed by atoms with Crippen LogP contribution in [0.5, 0.6) is 0 Å². The summed E-state index contributed by atoms with van der Waals surface area (Å²) < 4.78 is 0. The number of aryl methyl sites for hydroxylation is 1. The number of aromatic amines is 2. The standard InChI is InChI=1S/C24H24N4O2/c1-15(17-8-4-3-5-9-17)24(30)28-21(22-13-23(29)27-16(2)26-22)12-18-14-25-20-11-7-6-10-19(18)20/h3-11,13-15,21,25H,12H2,1-2H3,(H,28,30)(H,26,27,29)/t15-,21-/m0/s1. The summed E-state index contributed by atoms with van der Waals surface area (Å²) in [7, 11) is 0. The first kappa shape index (κ1) is 19.6. The van der Waals surface area contributed by atoms with Gasteiger partial charge in [-0.2, -0.15) is 0 Å². The van der Waals surface area contributed by atoms with Crippen LogP contribution in [-0.4, -0.2) is 20.9 Å². The lowest BCUT2D eigenvalue weighted by atomic mass is 9.98. The lowest BCUT2D eigenvalue weighted by molar-refractivity contribution is -0.123. The Morgan fingerprint density at radius 1 is 1.10 bits per heavy atom. The number of carbonyl (C=O) groups excluding carboxylic acids is 1. The Bertz CT molecular complexity index is 1230. The Kier molecular flexibility index (Phi) is 5.48. The van der Waals surface area contributed by atoms with Crippen molar-refractivity contribution in [2.45, 2.75) is 32.2 Å². The molecule has 152 valence electrons. The lowest BCUT2D eigenvalue weighted by Crippen LogP contribution is -2.34. The molecule has 4 rings (SSSR count). The van der Waals surface area contributed by atoms with Gasteiger partial charge in [0.2, 0.25) is 5.91 Å². The molecule has 2 aromatic heterocycles. The number of hydrogen-bond acceptors (Lipinski definition) is 3. The van der Waals surface area contributed by atoms with Crippen LogP contribution in [0, 0.1) is 6.92 Å². The molecule has 30 heavy (non-hydrogen) atoms. The van der Waals surface area contributed by atoms with Gasteiger partial charge in [0.25, 0.3) is 5.56 Å². The van der Waals surface area contributed by atoms with Crippen molar-refractivity contribution in [2.75, 3.05) is 0 Å². The summed E-state index contributed by atoms with van der Waals surface area (Å²) in [6, 6.07) is 18.7. The predicted molar refractivity (Wildman–Crippen MR) is 117 cm³/mol. The molecule has 0 bridgehead atoms. The first-order valence-corrected chi connectivity index (χ1v) is 9.99. The van der Waals surface area contributed by atoms with E-state index in [1.54, 1.807) is 6.92 Å². The highest BCUT2D eigenvalue weighted by Gasteiger charge is 2.23. The molecule has 2 heterocycles. The average molecular weight is 400 g/mol. The van der Waals surface area contributed by atoms with E-state index in [9.17, 15) is 9.59 Å². The van der Waals surface area contributed by atoms with E-state index < -0.39 is 6.04 Å². The van der Waals surface area contributed by atoms with Crippen molar-refractivity contribution in [3.63, 3.8) is 0 Å². The molecule has 4 aromatic rings. The minimum absolute atomic E-state index is 0.106. The van der Waals surface area contributed by atoms with Crippen molar-refractivity contribution in [1.29, 1.82) is 0 Å². The number of para-hydroxylation sites is 1. The second-order valence-electron chi connectivity index (χ2n) is 7.51. The monoisotopic (exact) mass is 400 g/mol. The quantitative estimate of drug-likeness (QED) is 0.460. The van der Waals surface area contributed by atoms with E-state index >= 15 is 0 Å². The number of hydrogen-bond donors (Lipinski definition) is 3. The van der Waals surface area contributed by atoms with Crippen LogP contribution in [-0.2, 0) is 11.2 Å². The molecule has 0 aliphatic carbocycles. The number of rotatable bonds is 6. The van der Waals surface area contributed by atoms with Gasteiger partial charge in [-0.1, -0.05) is 48.5 Å². The van der Waals surface area contributed by atoms with E-state index in [1.165, 1.54) is 6.07 Å². The van der Waals surface area contributed by atoms with Crippen molar-refractivity contribution < 1.29 is 4.79 Å². The van der Waals surface area contributed by atoms with Crippen LogP contribution >= 0.6 is 0 Å². The molecular weight excluding hydrogens is 376 g/mol. The van der Waals surface area contributed by atoms with Gasteiger partial charge in [0.1, 0.15) is 5.82 Å². The number of aromatic nitrogens is 3. The number of fused-ring (bicyclic) bond motifs is 1. The van der Waals surface area contributed by atoms with Crippen LogP contribution < -0.4 is 10.9 Å². The summed E-state index contributed by atoms with van der Waals surface area (Å²) in [5.41, 5.74) is 3.35. The van der Waals surface area contributed by atoms with Crippen LogP contribution in [0.2, 0.25) is 0 Å². The van der Waals surface area contributed by atoms with E-state index in [0.717, 1.165) is 22.0 Å². The highest BCUT2D eigenvalue weighted by molar-refractivity contribution is 5.85. The van der Waals surface area contributed by atoms with Crippen LogP contribution in [0.1, 0.15) is 41.5 Å². The summed E-state index contributed by atoms with van der Waals surface area (Å²) in [5.74, 6) is 0.0947. The largest absolute Gasteiger partial charge is 0.361 e.